The van der Waals surface area contributed by atoms with Gasteiger partial charge in [0.2, 0.25) is 5.55 Å². The number of fused-ring (bicyclic) bond motifs is 1. The van der Waals surface area contributed by atoms with E-state index in [0.717, 1.165) is 0 Å². The molecule has 0 atom stereocenters. The molecular weight excluding hydrogens is 477 g/mol. The van der Waals surface area contributed by atoms with E-state index in [1.54, 1.807) is 30.3 Å². The lowest BCUT2D eigenvalue weighted by Crippen LogP contribution is -2.27. The molecule has 180 valence electrons. The number of rotatable bonds is 7. The van der Waals surface area contributed by atoms with Crippen molar-refractivity contribution in [1.82, 2.24) is 4.83 Å². The van der Waals surface area contributed by atoms with Crippen molar-refractivity contribution >= 4 is 32.6 Å². The SMILES string of the molecule is COc1ccc(S(=O)(=O)N/N=c2/oc3ccccc3cc2C(=O)Nc2ccccc2F)cc1OC. The normalized spacial score (nSPS) is 11.8. The summed E-state index contributed by atoms with van der Waals surface area (Å²) in [7, 11) is -1.38. The van der Waals surface area contributed by atoms with Crippen molar-refractivity contribution in [2.75, 3.05) is 19.5 Å². The van der Waals surface area contributed by atoms with Crippen molar-refractivity contribution in [1.29, 1.82) is 0 Å². The molecule has 0 saturated carbocycles. The lowest BCUT2D eigenvalue weighted by atomic mass is 10.1. The Bertz CT molecular complexity index is 1580. The Hall–Kier alpha value is -4.38. The fourth-order valence-electron chi connectivity index (χ4n) is 3.20. The van der Waals surface area contributed by atoms with Crippen molar-refractivity contribution in [3.05, 3.63) is 89.7 Å². The van der Waals surface area contributed by atoms with E-state index in [0.29, 0.717) is 16.7 Å². The van der Waals surface area contributed by atoms with E-state index in [4.69, 9.17) is 13.9 Å². The molecule has 1 heterocycles. The number of nitrogens with one attached hydrogen (secondary N) is 2. The minimum Gasteiger partial charge on any atom is -0.493 e. The average Bonchev–Trinajstić information content (AvgIpc) is 2.87. The molecule has 0 radical (unpaired) electrons. The first-order chi connectivity index (χ1) is 16.8. The third-order valence-electron chi connectivity index (χ3n) is 4.96. The van der Waals surface area contributed by atoms with Gasteiger partial charge in [-0.3, -0.25) is 4.79 Å². The van der Waals surface area contributed by atoms with Crippen molar-refractivity contribution in [3.8, 4) is 11.5 Å². The van der Waals surface area contributed by atoms with Crippen LogP contribution in [0.25, 0.3) is 11.0 Å². The number of amides is 1. The topological polar surface area (TPSA) is 119 Å². The standard InChI is InChI=1S/C24H20FN3O6S/c1-32-21-12-11-16(14-22(21)33-2)35(30,31)28-27-24-17(13-15-7-3-6-10-20(15)34-24)23(29)26-19-9-5-4-8-18(19)25/h3-14,28H,1-2H3,(H,26,29)/b27-24+. The predicted molar refractivity (Wildman–Crippen MR) is 126 cm³/mol. The van der Waals surface area contributed by atoms with Gasteiger partial charge in [0.1, 0.15) is 17.0 Å². The van der Waals surface area contributed by atoms with Gasteiger partial charge in [0.25, 0.3) is 15.9 Å². The van der Waals surface area contributed by atoms with E-state index in [1.165, 1.54) is 56.7 Å². The quantitative estimate of drug-likeness (QED) is 0.377. The Morgan fingerprint density at radius 3 is 2.40 bits per heavy atom. The van der Waals surface area contributed by atoms with Crippen molar-refractivity contribution in [2.45, 2.75) is 4.90 Å². The Labute approximate surface area is 199 Å². The van der Waals surface area contributed by atoms with Crippen LogP contribution in [0.4, 0.5) is 10.1 Å². The van der Waals surface area contributed by atoms with E-state index in [1.807, 2.05) is 0 Å². The molecule has 3 aromatic carbocycles. The molecule has 4 rings (SSSR count). The Balaban J connectivity index is 1.75. The Morgan fingerprint density at radius 2 is 1.66 bits per heavy atom. The number of anilines is 1. The second-order valence-corrected chi connectivity index (χ2v) is 8.82. The maximum absolute atomic E-state index is 14.1. The number of benzene rings is 3. The van der Waals surface area contributed by atoms with Gasteiger partial charge in [-0.15, -0.1) is 5.10 Å². The molecule has 9 nitrogen and oxygen atoms in total. The third-order valence-corrected chi connectivity index (χ3v) is 6.16. The molecular formula is C24H20FN3O6S. The van der Waals surface area contributed by atoms with Crippen molar-refractivity contribution in [3.63, 3.8) is 0 Å². The predicted octanol–water partition coefficient (Wildman–Crippen LogP) is 3.64. The van der Waals surface area contributed by atoms with Crippen LogP contribution in [-0.2, 0) is 10.0 Å². The summed E-state index contributed by atoms with van der Waals surface area (Å²) >= 11 is 0. The summed E-state index contributed by atoms with van der Waals surface area (Å²) < 4.78 is 55.8. The lowest BCUT2D eigenvalue weighted by molar-refractivity contribution is 0.102. The zero-order valence-corrected chi connectivity index (χ0v) is 19.4. The van der Waals surface area contributed by atoms with Crippen LogP contribution < -0.4 is 25.2 Å². The molecule has 11 heteroatoms. The number of ether oxygens (including phenoxy) is 2. The highest BCUT2D eigenvalue weighted by atomic mass is 32.2. The molecule has 0 spiro atoms. The van der Waals surface area contributed by atoms with E-state index < -0.39 is 21.7 Å². The molecule has 0 aliphatic rings. The van der Waals surface area contributed by atoms with Crippen LogP contribution in [0.1, 0.15) is 10.4 Å². The van der Waals surface area contributed by atoms with Crippen LogP contribution in [0.5, 0.6) is 11.5 Å². The number of methoxy groups -OCH3 is 2. The van der Waals surface area contributed by atoms with Gasteiger partial charge >= 0.3 is 0 Å². The zero-order valence-electron chi connectivity index (χ0n) is 18.6. The first kappa shape index (κ1) is 23.8. The smallest absolute Gasteiger partial charge is 0.276 e. The summed E-state index contributed by atoms with van der Waals surface area (Å²) in [5.74, 6) is -0.823. The monoisotopic (exact) mass is 497 g/mol. The average molecular weight is 498 g/mol. The maximum Gasteiger partial charge on any atom is 0.276 e. The third kappa shape index (κ3) is 5.09. The molecule has 0 unspecified atom stereocenters. The van der Waals surface area contributed by atoms with E-state index in [-0.39, 0.29) is 27.4 Å². The summed E-state index contributed by atoms with van der Waals surface area (Å²) in [5, 5.41) is 6.87. The Morgan fingerprint density at radius 1 is 0.943 bits per heavy atom. The van der Waals surface area contributed by atoms with Gasteiger partial charge in [0.15, 0.2) is 11.5 Å². The number of halogens is 1. The maximum atomic E-state index is 14.1. The summed E-state index contributed by atoms with van der Waals surface area (Å²) in [5.41, 5.74) is -0.120. The Kier molecular flexibility index (Phi) is 6.69. The van der Waals surface area contributed by atoms with Gasteiger partial charge in [-0.1, -0.05) is 30.3 Å². The number of hydrogen-bond donors (Lipinski definition) is 2. The van der Waals surface area contributed by atoms with Crippen LogP contribution in [0, 0.1) is 5.82 Å². The molecule has 35 heavy (non-hydrogen) atoms. The first-order valence-corrected chi connectivity index (χ1v) is 11.7. The van der Waals surface area contributed by atoms with Crippen LogP contribution in [-0.4, -0.2) is 28.5 Å². The minimum absolute atomic E-state index is 0.0532. The minimum atomic E-state index is -4.18. The molecule has 0 aliphatic carbocycles. The molecule has 0 bridgehead atoms. The highest BCUT2D eigenvalue weighted by Crippen LogP contribution is 2.29. The van der Waals surface area contributed by atoms with Gasteiger partial charge in [-0.25, -0.2) is 4.39 Å². The highest BCUT2D eigenvalue weighted by molar-refractivity contribution is 7.89. The van der Waals surface area contributed by atoms with Gasteiger partial charge in [0, 0.05) is 11.5 Å². The number of para-hydroxylation sites is 2. The van der Waals surface area contributed by atoms with Gasteiger partial charge < -0.3 is 19.2 Å². The summed E-state index contributed by atoms with van der Waals surface area (Å²) in [4.78, 5) is 14.9. The molecule has 4 aromatic rings. The molecule has 0 aliphatic heterocycles. The highest BCUT2D eigenvalue weighted by Gasteiger charge is 2.19. The van der Waals surface area contributed by atoms with Gasteiger partial charge in [-0.2, -0.15) is 13.2 Å². The summed E-state index contributed by atoms with van der Waals surface area (Å²) in [6.07, 6.45) is 0. The molecule has 2 N–H and O–H groups in total. The number of sulfonamides is 1. The molecule has 0 fully saturated rings. The van der Waals surface area contributed by atoms with Gasteiger partial charge in [-0.05, 0) is 36.4 Å². The number of carbonyl (C=O) groups is 1. The fraction of sp³-hybridized carbons (Fsp3) is 0.0833. The van der Waals surface area contributed by atoms with Crippen molar-refractivity contribution in [2.24, 2.45) is 5.10 Å². The molecule has 1 amide bonds. The summed E-state index contributed by atoms with van der Waals surface area (Å²) in [6, 6.07) is 17.9. The van der Waals surface area contributed by atoms with E-state index >= 15 is 0 Å². The first-order valence-electron chi connectivity index (χ1n) is 10.2. The molecule has 1 aromatic heterocycles. The number of hydrogen-bond acceptors (Lipinski definition) is 7. The number of nitrogens with zero attached hydrogens (tertiary/aromatic N) is 1. The van der Waals surface area contributed by atoms with E-state index in [2.05, 4.69) is 15.2 Å². The van der Waals surface area contributed by atoms with Crippen LogP contribution >= 0.6 is 0 Å². The second-order valence-electron chi connectivity index (χ2n) is 7.16. The van der Waals surface area contributed by atoms with Crippen LogP contribution in [0.2, 0.25) is 0 Å². The summed E-state index contributed by atoms with van der Waals surface area (Å²) in [6.45, 7) is 0. The lowest BCUT2D eigenvalue weighted by Gasteiger charge is -2.10. The van der Waals surface area contributed by atoms with Gasteiger partial charge in [0.05, 0.1) is 24.8 Å². The number of carbonyl (C=O) groups excluding carboxylic acids is 1. The van der Waals surface area contributed by atoms with Crippen LogP contribution in [0.15, 0.2) is 87.2 Å². The van der Waals surface area contributed by atoms with Crippen molar-refractivity contribution < 1.29 is 31.5 Å². The zero-order chi connectivity index (χ0) is 25.0. The van der Waals surface area contributed by atoms with E-state index in [9.17, 15) is 17.6 Å². The second kappa shape index (κ2) is 9.85. The molecule has 0 saturated heterocycles. The largest absolute Gasteiger partial charge is 0.493 e. The fourth-order valence-corrected chi connectivity index (χ4v) is 4.02. The van der Waals surface area contributed by atoms with Crippen LogP contribution in [0.3, 0.4) is 0 Å².